The maximum absolute atomic E-state index is 12.3. The standard InChI is InChI=1S/C27H27ClN4O6/c1-4-37-22-8-6-5-7-21(22)31-26(34)27(35)32-29-15-18-10-12-23(24(13-18)36-3)38-16-25(33)30-19-11-9-17(2)20(28)14-19/h5-15H,4,16H2,1-3H3,(H,30,33)(H,31,34)(H,32,35)/b29-15-. The summed E-state index contributed by atoms with van der Waals surface area (Å²) >= 11 is 6.09. The van der Waals surface area contributed by atoms with Gasteiger partial charge in [-0.25, -0.2) is 5.43 Å². The number of carbonyl (C=O) groups is 3. The highest BCUT2D eigenvalue weighted by Crippen LogP contribution is 2.28. The number of benzene rings is 3. The highest BCUT2D eigenvalue weighted by molar-refractivity contribution is 6.39. The van der Waals surface area contributed by atoms with Gasteiger partial charge in [-0.05, 0) is 67.4 Å². The summed E-state index contributed by atoms with van der Waals surface area (Å²) in [5.74, 6) is -1.11. The quantitative estimate of drug-likeness (QED) is 0.202. The number of ether oxygens (including phenoxy) is 3. The van der Waals surface area contributed by atoms with E-state index >= 15 is 0 Å². The molecule has 0 spiro atoms. The largest absolute Gasteiger partial charge is 0.493 e. The third-order valence-corrected chi connectivity index (χ3v) is 5.43. The Labute approximate surface area is 224 Å². The number of halogens is 1. The first-order valence-electron chi connectivity index (χ1n) is 11.5. The molecule has 0 unspecified atom stereocenters. The summed E-state index contributed by atoms with van der Waals surface area (Å²) in [4.78, 5) is 36.6. The molecule has 38 heavy (non-hydrogen) atoms. The molecule has 0 fully saturated rings. The fourth-order valence-corrected chi connectivity index (χ4v) is 3.32. The van der Waals surface area contributed by atoms with Crippen LogP contribution in [0.4, 0.5) is 11.4 Å². The van der Waals surface area contributed by atoms with Crippen LogP contribution in [0.25, 0.3) is 0 Å². The van der Waals surface area contributed by atoms with E-state index in [0.29, 0.717) is 45.8 Å². The summed E-state index contributed by atoms with van der Waals surface area (Å²) < 4.78 is 16.3. The number of carbonyl (C=O) groups excluding carboxylic acids is 3. The molecule has 0 aliphatic carbocycles. The van der Waals surface area contributed by atoms with Crippen molar-refractivity contribution in [2.75, 3.05) is 31.0 Å². The number of rotatable bonds is 10. The molecule has 0 atom stereocenters. The van der Waals surface area contributed by atoms with E-state index < -0.39 is 11.8 Å². The van der Waals surface area contributed by atoms with Gasteiger partial charge in [-0.3, -0.25) is 14.4 Å². The van der Waals surface area contributed by atoms with Gasteiger partial charge in [-0.15, -0.1) is 0 Å². The van der Waals surface area contributed by atoms with Gasteiger partial charge in [0.2, 0.25) is 0 Å². The van der Waals surface area contributed by atoms with Crippen molar-refractivity contribution in [3.8, 4) is 17.2 Å². The Morgan fingerprint density at radius 3 is 2.45 bits per heavy atom. The average Bonchev–Trinajstić information content (AvgIpc) is 2.91. The SMILES string of the molecule is CCOc1ccccc1NC(=O)C(=O)N/N=C\c1ccc(OCC(=O)Nc2ccc(C)c(Cl)c2)c(OC)c1. The first-order valence-corrected chi connectivity index (χ1v) is 11.9. The van der Waals surface area contributed by atoms with Crippen molar-refractivity contribution in [2.24, 2.45) is 5.10 Å². The van der Waals surface area contributed by atoms with Crippen LogP contribution in [0.2, 0.25) is 5.02 Å². The molecule has 3 amide bonds. The van der Waals surface area contributed by atoms with Crippen molar-refractivity contribution in [1.29, 1.82) is 0 Å². The number of nitrogens with one attached hydrogen (secondary N) is 3. The van der Waals surface area contributed by atoms with Crippen molar-refractivity contribution in [2.45, 2.75) is 13.8 Å². The predicted molar refractivity (Wildman–Crippen MR) is 145 cm³/mol. The fraction of sp³-hybridized carbons (Fsp3) is 0.185. The van der Waals surface area contributed by atoms with Gasteiger partial charge in [0, 0.05) is 10.7 Å². The Morgan fingerprint density at radius 1 is 0.921 bits per heavy atom. The summed E-state index contributed by atoms with van der Waals surface area (Å²) in [6, 6.07) is 16.8. The van der Waals surface area contributed by atoms with Gasteiger partial charge in [-0.2, -0.15) is 5.10 Å². The van der Waals surface area contributed by atoms with Crippen LogP contribution in [0.3, 0.4) is 0 Å². The summed E-state index contributed by atoms with van der Waals surface area (Å²) in [7, 11) is 1.45. The molecule has 0 radical (unpaired) electrons. The minimum Gasteiger partial charge on any atom is -0.493 e. The molecule has 198 valence electrons. The zero-order chi connectivity index (χ0) is 27.5. The minimum atomic E-state index is -0.958. The normalized spacial score (nSPS) is 10.5. The number of amides is 3. The van der Waals surface area contributed by atoms with E-state index in [9.17, 15) is 14.4 Å². The lowest BCUT2D eigenvalue weighted by Gasteiger charge is -2.12. The van der Waals surface area contributed by atoms with Crippen LogP contribution in [-0.2, 0) is 14.4 Å². The number of para-hydroxylation sites is 2. The van der Waals surface area contributed by atoms with E-state index in [4.69, 9.17) is 25.8 Å². The van der Waals surface area contributed by atoms with Crippen LogP contribution < -0.4 is 30.3 Å². The van der Waals surface area contributed by atoms with Crippen LogP contribution in [0.1, 0.15) is 18.1 Å². The molecule has 0 aliphatic heterocycles. The Hall–Kier alpha value is -4.57. The zero-order valence-corrected chi connectivity index (χ0v) is 21.8. The number of hydrogen-bond acceptors (Lipinski definition) is 7. The van der Waals surface area contributed by atoms with Gasteiger partial charge >= 0.3 is 11.8 Å². The molecular formula is C27H27ClN4O6. The Kier molecular flexibility index (Phi) is 10.1. The smallest absolute Gasteiger partial charge is 0.329 e. The first kappa shape index (κ1) is 28.0. The molecular weight excluding hydrogens is 512 g/mol. The van der Waals surface area contributed by atoms with Gasteiger partial charge in [0.25, 0.3) is 5.91 Å². The third kappa shape index (κ3) is 7.97. The molecule has 0 bridgehead atoms. The molecule has 0 aliphatic rings. The lowest BCUT2D eigenvalue weighted by Crippen LogP contribution is -2.32. The predicted octanol–water partition coefficient (Wildman–Crippen LogP) is 4.16. The van der Waals surface area contributed by atoms with Crippen LogP contribution in [0.5, 0.6) is 17.2 Å². The highest BCUT2D eigenvalue weighted by atomic mass is 35.5. The van der Waals surface area contributed by atoms with Crippen molar-refractivity contribution >= 4 is 46.9 Å². The molecule has 0 saturated heterocycles. The Balaban J connectivity index is 1.53. The van der Waals surface area contributed by atoms with Crippen molar-refractivity contribution < 1.29 is 28.6 Å². The van der Waals surface area contributed by atoms with Gasteiger partial charge in [0.05, 0.1) is 25.6 Å². The molecule has 3 N–H and O–H groups in total. The summed E-state index contributed by atoms with van der Waals surface area (Å²) in [6.45, 7) is 3.83. The second-order valence-corrected chi connectivity index (χ2v) is 8.20. The van der Waals surface area contributed by atoms with Crippen LogP contribution >= 0.6 is 11.6 Å². The summed E-state index contributed by atoms with van der Waals surface area (Å²) in [5, 5.41) is 9.56. The van der Waals surface area contributed by atoms with Crippen molar-refractivity contribution in [3.63, 3.8) is 0 Å². The molecule has 10 nitrogen and oxygen atoms in total. The van der Waals surface area contributed by atoms with Crippen LogP contribution in [0, 0.1) is 6.92 Å². The van der Waals surface area contributed by atoms with E-state index in [0.717, 1.165) is 5.56 Å². The second kappa shape index (κ2) is 13.7. The number of hydrazone groups is 1. The molecule has 0 saturated carbocycles. The van der Waals surface area contributed by atoms with E-state index in [1.807, 2.05) is 13.8 Å². The van der Waals surface area contributed by atoms with E-state index in [-0.39, 0.29) is 12.5 Å². The highest BCUT2D eigenvalue weighted by Gasteiger charge is 2.15. The fourth-order valence-electron chi connectivity index (χ4n) is 3.14. The lowest BCUT2D eigenvalue weighted by atomic mass is 10.2. The van der Waals surface area contributed by atoms with Crippen LogP contribution in [-0.4, -0.2) is 44.3 Å². The number of anilines is 2. The average molecular weight is 539 g/mol. The van der Waals surface area contributed by atoms with E-state index in [1.54, 1.807) is 60.7 Å². The van der Waals surface area contributed by atoms with Crippen molar-refractivity contribution in [3.05, 3.63) is 76.8 Å². The number of hydrogen-bond donors (Lipinski definition) is 3. The van der Waals surface area contributed by atoms with Gasteiger partial charge in [0.1, 0.15) is 5.75 Å². The zero-order valence-electron chi connectivity index (χ0n) is 21.0. The summed E-state index contributed by atoms with van der Waals surface area (Å²) in [5.41, 5.74) is 4.55. The second-order valence-electron chi connectivity index (χ2n) is 7.79. The maximum Gasteiger partial charge on any atom is 0.329 e. The number of nitrogens with zero attached hydrogens (tertiary/aromatic N) is 1. The molecule has 3 aromatic rings. The topological polar surface area (TPSA) is 127 Å². The van der Waals surface area contributed by atoms with Gasteiger partial charge in [-0.1, -0.05) is 29.8 Å². The molecule has 3 rings (SSSR count). The van der Waals surface area contributed by atoms with E-state index in [2.05, 4.69) is 21.2 Å². The van der Waals surface area contributed by atoms with E-state index in [1.165, 1.54) is 13.3 Å². The molecule has 0 heterocycles. The van der Waals surface area contributed by atoms with Crippen molar-refractivity contribution in [1.82, 2.24) is 5.43 Å². The van der Waals surface area contributed by atoms with Crippen LogP contribution in [0.15, 0.2) is 65.8 Å². The lowest BCUT2D eigenvalue weighted by molar-refractivity contribution is -0.136. The number of methoxy groups -OCH3 is 1. The maximum atomic E-state index is 12.3. The first-order chi connectivity index (χ1) is 18.3. The monoisotopic (exact) mass is 538 g/mol. The molecule has 3 aromatic carbocycles. The molecule has 11 heteroatoms. The Bertz CT molecular complexity index is 1340. The molecule has 0 aromatic heterocycles. The van der Waals surface area contributed by atoms with Gasteiger partial charge < -0.3 is 24.8 Å². The minimum absolute atomic E-state index is 0.257. The Morgan fingerprint density at radius 2 is 1.71 bits per heavy atom. The van der Waals surface area contributed by atoms with Gasteiger partial charge in [0.15, 0.2) is 18.1 Å². The number of aryl methyl sites for hydroxylation is 1. The summed E-state index contributed by atoms with van der Waals surface area (Å²) in [6.07, 6.45) is 1.33. The third-order valence-electron chi connectivity index (χ3n) is 5.02.